The van der Waals surface area contributed by atoms with Crippen LogP contribution in [0.4, 0.5) is 5.69 Å². The highest BCUT2D eigenvalue weighted by molar-refractivity contribution is 5.98. The van der Waals surface area contributed by atoms with Gasteiger partial charge in [0.1, 0.15) is 24.6 Å². The summed E-state index contributed by atoms with van der Waals surface area (Å²) in [5, 5.41) is 0. The average Bonchev–Trinajstić information content (AvgIpc) is 3.36. The molecule has 0 bridgehead atoms. The molecule has 0 N–H and O–H groups in total. The van der Waals surface area contributed by atoms with E-state index in [0.29, 0.717) is 36.8 Å². The van der Waals surface area contributed by atoms with E-state index in [-0.39, 0.29) is 12.1 Å². The van der Waals surface area contributed by atoms with E-state index in [9.17, 15) is 0 Å². The highest BCUT2D eigenvalue weighted by atomic mass is 16.5. The zero-order chi connectivity index (χ0) is 19.6. The van der Waals surface area contributed by atoms with E-state index in [2.05, 4.69) is 32.6 Å². The van der Waals surface area contributed by atoms with Gasteiger partial charge in [0.2, 0.25) is 11.8 Å². The molecule has 1 aromatic heterocycles. The van der Waals surface area contributed by atoms with E-state index in [1.807, 2.05) is 26.2 Å². The van der Waals surface area contributed by atoms with Crippen molar-refractivity contribution in [2.45, 2.75) is 52.6 Å². The molecule has 0 saturated heterocycles. The van der Waals surface area contributed by atoms with Crippen LogP contribution in [0.3, 0.4) is 0 Å². The van der Waals surface area contributed by atoms with Crippen molar-refractivity contribution in [3.63, 3.8) is 0 Å². The number of aromatic nitrogens is 1. The Kier molecular flexibility index (Phi) is 6.02. The van der Waals surface area contributed by atoms with Crippen LogP contribution in [0.1, 0.15) is 51.9 Å². The Morgan fingerprint density at radius 2 is 1.37 bits per heavy atom. The Labute approximate surface area is 162 Å². The van der Waals surface area contributed by atoms with Crippen LogP contribution in [-0.2, 0) is 9.47 Å². The topological polar surface area (TPSA) is 59.3 Å². The van der Waals surface area contributed by atoms with Gasteiger partial charge in [-0.05, 0) is 24.0 Å². The molecule has 3 heterocycles. The molecule has 2 aliphatic rings. The first-order chi connectivity index (χ1) is 12.9. The lowest BCUT2D eigenvalue weighted by atomic mass is 10.0. The Morgan fingerprint density at radius 3 is 1.74 bits per heavy atom. The second-order valence-corrected chi connectivity index (χ2v) is 7.89. The summed E-state index contributed by atoms with van der Waals surface area (Å²) in [5.41, 5.74) is 2.53. The molecule has 148 valence electrons. The predicted molar refractivity (Wildman–Crippen MR) is 110 cm³/mol. The molecule has 0 aliphatic carbocycles. The van der Waals surface area contributed by atoms with Crippen LogP contribution in [0.15, 0.2) is 22.1 Å². The van der Waals surface area contributed by atoms with E-state index in [1.165, 1.54) is 0 Å². The van der Waals surface area contributed by atoms with Crippen LogP contribution < -0.4 is 4.90 Å². The number of pyridine rings is 1. The van der Waals surface area contributed by atoms with Crippen LogP contribution >= 0.6 is 0 Å². The van der Waals surface area contributed by atoms with Gasteiger partial charge in [-0.15, -0.1) is 0 Å². The molecule has 6 heteroatoms. The minimum atomic E-state index is 0.202. The van der Waals surface area contributed by atoms with Gasteiger partial charge in [-0.2, -0.15) is 0 Å². The first kappa shape index (κ1) is 19.6. The highest BCUT2D eigenvalue weighted by Gasteiger charge is 2.28. The number of aliphatic imine (C=N–C) groups is 2. The summed E-state index contributed by atoms with van der Waals surface area (Å²) in [4.78, 5) is 16.4. The lowest BCUT2D eigenvalue weighted by Crippen LogP contribution is -2.16. The standard InChI is InChI=1S/C21H32N4O2/c1-7-13(3)18-11-26-20(23-18)16-9-15(25(5)6)10-17(22-16)21-24-19(12-27-21)14(4)8-2/h9-10,13-14,18-19H,7-8,11-12H2,1-6H3/t13-,14-,18+,19+/m0/s1. The average molecular weight is 373 g/mol. The molecular weight excluding hydrogens is 340 g/mol. The van der Waals surface area contributed by atoms with Crippen molar-refractivity contribution in [1.82, 2.24) is 4.98 Å². The smallest absolute Gasteiger partial charge is 0.235 e. The number of ether oxygens (including phenoxy) is 2. The fourth-order valence-electron chi connectivity index (χ4n) is 3.18. The number of nitrogens with zero attached hydrogens (tertiary/aromatic N) is 4. The van der Waals surface area contributed by atoms with Crippen molar-refractivity contribution in [2.24, 2.45) is 21.8 Å². The van der Waals surface area contributed by atoms with Crippen molar-refractivity contribution in [3.05, 3.63) is 23.5 Å². The van der Waals surface area contributed by atoms with Crippen LogP contribution in [0.5, 0.6) is 0 Å². The van der Waals surface area contributed by atoms with E-state index < -0.39 is 0 Å². The second kappa shape index (κ2) is 8.28. The molecule has 0 fully saturated rings. The fraction of sp³-hybridized carbons (Fsp3) is 0.667. The van der Waals surface area contributed by atoms with Crippen LogP contribution in [-0.4, -0.2) is 56.2 Å². The summed E-state index contributed by atoms with van der Waals surface area (Å²) in [7, 11) is 4.03. The Balaban J connectivity index is 1.93. The lowest BCUT2D eigenvalue weighted by Gasteiger charge is -2.15. The Hall–Kier alpha value is -2.11. The van der Waals surface area contributed by atoms with Gasteiger partial charge >= 0.3 is 0 Å². The Bertz CT molecular complexity index is 675. The molecule has 27 heavy (non-hydrogen) atoms. The van der Waals surface area contributed by atoms with Crippen LogP contribution in [0.25, 0.3) is 0 Å². The maximum absolute atomic E-state index is 5.89. The van der Waals surface area contributed by atoms with Crippen molar-refractivity contribution >= 4 is 17.5 Å². The van der Waals surface area contributed by atoms with Crippen molar-refractivity contribution in [3.8, 4) is 0 Å². The molecule has 0 amide bonds. The van der Waals surface area contributed by atoms with Gasteiger partial charge in [0.05, 0.1) is 12.1 Å². The molecule has 4 atom stereocenters. The van der Waals surface area contributed by atoms with Gasteiger partial charge in [0.15, 0.2) is 0 Å². The minimum Gasteiger partial charge on any atom is -0.474 e. The zero-order valence-corrected chi connectivity index (χ0v) is 17.4. The van der Waals surface area contributed by atoms with Gasteiger partial charge in [-0.1, -0.05) is 40.5 Å². The molecule has 0 aromatic carbocycles. The normalized spacial score (nSPS) is 23.9. The second-order valence-electron chi connectivity index (χ2n) is 7.89. The summed E-state index contributed by atoms with van der Waals surface area (Å²) in [6.07, 6.45) is 2.17. The number of anilines is 1. The number of hydrogen-bond acceptors (Lipinski definition) is 6. The first-order valence-corrected chi connectivity index (χ1v) is 10.0. The van der Waals surface area contributed by atoms with Gasteiger partial charge < -0.3 is 14.4 Å². The maximum Gasteiger partial charge on any atom is 0.235 e. The van der Waals surface area contributed by atoms with E-state index >= 15 is 0 Å². The molecule has 0 saturated carbocycles. The quantitative estimate of drug-likeness (QED) is 0.735. The molecular formula is C21H32N4O2. The van der Waals surface area contributed by atoms with Gasteiger partial charge in [0.25, 0.3) is 0 Å². The van der Waals surface area contributed by atoms with Gasteiger partial charge in [-0.3, -0.25) is 0 Å². The third kappa shape index (κ3) is 4.25. The highest BCUT2D eigenvalue weighted by Crippen LogP contribution is 2.24. The van der Waals surface area contributed by atoms with Gasteiger partial charge in [0, 0.05) is 19.8 Å². The monoisotopic (exact) mass is 372 g/mol. The molecule has 1 aromatic rings. The lowest BCUT2D eigenvalue weighted by molar-refractivity contribution is 0.281. The van der Waals surface area contributed by atoms with E-state index in [0.717, 1.165) is 29.9 Å². The fourth-order valence-corrected chi connectivity index (χ4v) is 3.18. The number of hydrogen-bond donors (Lipinski definition) is 0. The van der Waals surface area contributed by atoms with E-state index in [1.54, 1.807) is 0 Å². The SMILES string of the molecule is CC[C@H](C)[C@H]1COC(c2cc(N(C)C)cc(C3=N[C@@H]([C@@H](C)CC)CO3)n2)=N1. The third-order valence-corrected chi connectivity index (χ3v) is 5.71. The Morgan fingerprint density at radius 1 is 0.926 bits per heavy atom. The van der Waals surface area contributed by atoms with Crippen LogP contribution in [0, 0.1) is 11.8 Å². The molecule has 0 spiro atoms. The van der Waals surface area contributed by atoms with Gasteiger partial charge in [-0.25, -0.2) is 15.0 Å². The van der Waals surface area contributed by atoms with Crippen molar-refractivity contribution < 1.29 is 9.47 Å². The minimum absolute atomic E-state index is 0.202. The summed E-state index contributed by atoms with van der Waals surface area (Å²) in [6.45, 7) is 10.1. The van der Waals surface area contributed by atoms with E-state index in [4.69, 9.17) is 24.4 Å². The van der Waals surface area contributed by atoms with Crippen LogP contribution in [0.2, 0.25) is 0 Å². The molecule has 3 rings (SSSR count). The maximum atomic E-state index is 5.89. The molecule has 0 radical (unpaired) electrons. The largest absolute Gasteiger partial charge is 0.474 e. The predicted octanol–water partition coefficient (Wildman–Crippen LogP) is 3.53. The van der Waals surface area contributed by atoms with Crippen molar-refractivity contribution in [2.75, 3.05) is 32.2 Å². The molecule has 0 unspecified atom stereocenters. The summed E-state index contributed by atoms with van der Waals surface area (Å²) in [5.74, 6) is 2.25. The zero-order valence-electron chi connectivity index (χ0n) is 17.4. The number of rotatable bonds is 7. The summed E-state index contributed by atoms with van der Waals surface area (Å²) >= 11 is 0. The van der Waals surface area contributed by atoms with Crippen molar-refractivity contribution in [1.29, 1.82) is 0 Å². The molecule has 6 nitrogen and oxygen atoms in total. The third-order valence-electron chi connectivity index (χ3n) is 5.71. The molecule has 2 aliphatic heterocycles. The first-order valence-electron chi connectivity index (χ1n) is 10.0. The summed E-state index contributed by atoms with van der Waals surface area (Å²) in [6, 6.07) is 4.44. The summed E-state index contributed by atoms with van der Waals surface area (Å²) < 4.78 is 11.8.